The van der Waals surface area contributed by atoms with Crippen molar-refractivity contribution in [2.45, 2.75) is 44.9 Å². The molecule has 0 radical (unpaired) electrons. The van der Waals surface area contributed by atoms with Crippen molar-refractivity contribution < 1.29 is 4.79 Å². The Balaban J connectivity index is 1.14. The average molecular weight is 388 g/mol. The fourth-order valence-electron chi connectivity index (χ4n) is 4.04. The molecule has 0 saturated heterocycles. The highest BCUT2D eigenvalue weighted by Crippen LogP contribution is 2.23. The quantitative estimate of drug-likeness (QED) is 0.575. The molecule has 1 amide bonds. The number of nitrogens with zero attached hydrogens (tertiary/aromatic N) is 1. The smallest absolute Gasteiger partial charge is 0.240 e. The maximum absolute atomic E-state index is 12.6. The second kappa shape index (κ2) is 9.21. The molecule has 0 saturated carbocycles. The molecule has 3 aromatic carbocycles. The van der Waals surface area contributed by atoms with Gasteiger partial charge in [0.25, 0.3) is 0 Å². The first-order valence-corrected chi connectivity index (χ1v) is 10.5. The second-order valence-electron chi connectivity index (χ2n) is 7.92. The zero-order chi connectivity index (χ0) is 20.1. The highest BCUT2D eigenvalue weighted by Gasteiger charge is 2.26. The fourth-order valence-corrected chi connectivity index (χ4v) is 4.04. The standard InChI is InChI=1S/C25H29N3O/c26-24(25(29)28-17-22-9-3-4-10-23(22)18-28)11-5-6-14-27-16-19-12-13-20-7-1-2-8-21(20)15-19/h1-4,7-10,12-13,15,24,27H,5-6,11,14,16-18,26H2. The molecule has 150 valence electrons. The van der Waals surface area contributed by atoms with Crippen molar-refractivity contribution in [3.63, 3.8) is 0 Å². The molecule has 1 heterocycles. The summed E-state index contributed by atoms with van der Waals surface area (Å²) in [4.78, 5) is 14.5. The molecule has 29 heavy (non-hydrogen) atoms. The molecule has 1 aliphatic heterocycles. The first-order valence-electron chi connectivity index (χ1n) is 10.5. The van der Waals surface area contributed by atoms with Gasteiger partial charge in [0.05, 0.1) is 6.04 Å². The van der Waals surface area contributed by atoms with Gasteiger partial charge in [0.1, 0.15) is 0 Å². The SMILES string of the molecule is NC(CCCCNCc1ccc2ccccc2c1)C(=O)N1Cc2ccccc2C1. The summed E-state index contributed by atoms with van der Waals surface area (Å²) in [6.07, 6.45) is 2.72. The number of amides is 1. The van der Waals surface area contributed by atoms with Crippen LogP contribution in [0, 0.1) is 0 Å². The van der Waals surface area contributed by atoms with Crippen LogP contribution < -0.4 is 11.1 Å². The van der Waals surface area contributed by atoms with Crippen LogP contribution in [-0.2, 0) is 24.4 Å². The lowest BCUT2D eigenvalue weighted by atomic mass is 10.1. The van der Waals surface area contributed by atoms with Crippen molar-refractivity contribution in [3.8, 4) is 0 Å². The van der Waals surface area contributed by atoms with E-state index in [0.717, 1.165) is 32.4 Å². The molecular weight excluding hydrogens is 358 g/mol. The van der Waals surface area contributed by atoms with Crippen LogP contribution in [0.2, 0.25) is 0 Å². The minimum atomic E-state index is -0.398. The highest BCUT2D eigenvalue weighted by molar-refractivity contribution is 5.83. The molecule has 0 spiro atoms. The lowest BCUT2D eigenvalue weighted by Gasteiger charge is -2.20. The van der Waals surface area contributed by atoms with Gasteiger partial charge in [-0.25, -0.2) is 0 Å². The third kappa shape index (κ3) is 4.84. The summed E-state index contributed by atoms with van der Waals surface area (Å²) < 4.78 is 0. The molecule has 4 nitrogen and oxygen atoms in total. The molecular formula is C25H29N3O. The summed E-state index contributed by atoms with van der Waals surface area (Å²) in [6, 6.07) is 22.9. The van der Waals surface area contributed by atoms with Crippen molar-refractivity contribution in [3.05, 3.63) is 83.4 Å². The Kier molecular flexibility index (Phi) is 6.23. The molecule has 1 unspecified atom stereocenters. The zero-order valence-electron chi connectivity index (χ0n) is 16.8. The van der Waals surface area contributed by atoms with E-state index < -0.39 is 6.04 Å². The van der Waals surface area contributed by atoms with Gasteiger partial charge in [-0.1, -0.05) is 67.1 Å². The first kappa shape index (κ1) is 19.6. The summed E-state index contributed by atoms with van der Waals surface area (Å²) in [5.74, 6) is 0.0744. The van der Waals surface area contributed by atoms with E-state index in [9.17, 15) is 4.79 Å². The number of rotatable bonds is 8. The van der Waals surface area contributed by atoms with Crippen molar-refractivity contribution >= 4 is 16.7 Å². The predicted octanol–water partition coefficient (Wildman–Crippen LogP) is 3.97. The van der Waals surface area contributed by atoms with Crippen molar-refractivity contribution in [1.82, 2.24) is 10.2 Å². The Bertz CT molecular complexity index is 959. The summed E-state index contributed by atoms with van der Waals surface area (Å²) in [7, 11) is 0. The van der Waals surface area contributed by atoms with Crippen LogP contribution in [0.3, 0.4) is 0 Å². The van der Waals surface area contributed by atoms with Gasteiger partial charge in [0, 0.05) is 19.6 Å². The van der Waals surface area contributed by atoms with E-state index in [2.05, 4.69) is 59.9 Å². The molecule has 0 fully saturated rings. The summed E-state index contributed by atoms with van der Waals surface area (Å²) in [6.45, 7) is 3.18. The van der Waals surface area contributed by atoms with Gasteiger partial charge in [-0.3, -0.25) is 4.79 Å². The monoisotopic (exact) mass is 387 g/mol. The van der Waals surface area contributed by atoms with E-state index in [4.69, 9.17) is 5.73 Å². The summed E-state index contributed by atoms with van der Waals surface area (Å²) >= 11 is 0. The van der Waals surface area contributed by atoms with E-state index in [0.29, 0.717) is 13.1 Å². The van der Waals surface area contributed by atoms with Crippen LogP contribution in [0.25, 0.3) is 10.8 Å². The minimum absolute atomic E-state index is 0.0744. The summed E-state index contributed by atoms with van der Waals surface area (Å²) in [5, 5.41) is 6.05. The molecule has 3 aromatic rings. The minimum Gasteiger partial charge on any atom is -0.333 e. The molecule has 0 aromatic heterocycles. The van der Waals surface area contributed by atoms with E-state index in [-0.39, 0.29) is 5.91 Å². The van der Waals surface area contributed by atoms with Gasteiger partial charge in [0.15, 0.2) is 0 Å². The number of nitrogens with one attached hydrogen (secondary N) is 1. The number of hydrogen-bond donors (Lipinski definition) is 2. The van der Waals surface area contributed by atoms with E-state index in [1.807, 2.05) is 17.0 Å². The zero-order valence-corrected chi connectivity index (χ0v) is 16.8. The van der Waals surface area contributed by atoms with E-state index in [1.54, 1.807) is 0 Å². The van der Waals surface area contributed by atoms with Crippen molar-refractivity contribution in [1.29, 1.82) is 0 Å². The molecule has 0 aliphatic carbocycles. The van der Waals surface area contributed by atoms with Gasteiger partial charge in [-0.2, -0.15) is 0 Å². The number of carbonyl (C=O) groups excluding carboxylic acids is 1. The lowest BCUT2D eigenvalue weighted by molar-refractivity contribution is -0.133. The van der Waals surface area contributed by atoms with Gasteiger partial charge < -0.3 is 16.0 Å². The average Bonchev–Trinajstić information content (AvgIpc) is 3.19. The van der Waals surface area contributed by atoms with Crippen molar-refractivity contribution in [2.75, 3.05) is 6.54 Å². The van der Waals surface area contributed by atoms with Gasteiger partial charge in [-0.15, -0.1) is 0 Å². The maximum Gasteiger partial charge on any atom is 0.240 e. The van der Waals surface area contributed by atoms with Crippen LogP contribution in [0.4, 0.5) is 0 Å². The predicted molar refractivity (Wildman–Crippen MR) is 118 cm³/mol. The molecule has 0 bridgehead atoms. The molecule has 1 aliphatic rings. The van der Waals surface area contributed by atoms with Crippen LogP contribution >= 0.6 is 0 Å². The van der Waals surface area contributed by atoms with Crippen molar-refractivity contribution in [2.24, 2.45) is 5.73 Å². The van der Waals surface area contributed by atoms with Crippen LogP contribution in [0.5, 0.6) is 0 Å². The Labute approximate surface area is 172 Å². The highest BCUT2D eigenvalue weighted by atomic mass is 16.2. The number of nitrogens with two attached hydrogens (primary N) is 1. The lowest BCUT2D eigenvalue weighted by Crippen LogP contribution is -2.41. The van der Waals surface area contributed by atoms with Crippen LogP contribution in [0.1, 0.15) is 36.0 Å². The van der Waals surface area contributed by atoms with Gasteiger partial charge in [0.2, 0.25) is 5.91 Å². The number of benzene rings is 3. The molecule has 4 rings (SSSR count). The first-order chi connectivity index (χ1) is 14.2. The van der Waals surface area contributed by atoms with Crippen LogP contribution in [0.15, 0.2) is 66.7 Å². The topological polar surface area (TPSA) is 58.4 Å². The summed E-state index contributed by atoms with van der Waals surface area (Å²) in [5.41, 5.74) is 9.96. The van der Waals surface area contributed by atoms with Gasteiger partial charge in [-0.05, 0) is 52.9 Å². The second-order valence-corrected chi connectivity index (χ2v) is 7.92. The maximum atomic E-state index is 12.6. The Morgan fingerprint density at radius 1 is 0.931 bits per heavy atom. The third-order valence-electron chi connectivity index (χ3n) is 5.73. The number of carbonyl (C=O) groups is 1. The number of fused-ring (bicyclic) bond motifs is 2. The molecule has 3 N–H and O–H groups in total. The Morgan fingerprint density at radius 2 is 1.62 bits per heavy atom. The largest absolute Gasteiger partial charge is 0.333 e. The van der Waals surface area contributed by atoms with Crippen LogP contribution in [-0.4, -0.2) is 23.4 Å². The normalized spacial score (nSPS) is 14.2. The number of hydrogen-bond acceptors (Lipinski definition) is 3. The fraction of sp³-hybridized carbons (Fsp3) is 0.320. The van der Waals surface area contributed by atoms with E-state index >= 15 is 0 Å². The van der Waals surface area contributed by atoms with E-state index in [1.165, 1.54) is 27.5 Å². The molecule has 4 heteroatoms. The number of unbranched alkanes of at least 4 members (excludes halogenated alkanes) is 1. The molecule has 1 atom stereocenters. The Morgan fingerprint density at radius 3 is 2.38 bits per heavy atom. The Hall–Kier alpha value is -2.69. The third-order valence-corrected chi connectivity index (χ3v) is 5.73. The van der Waals surface area contributed by atoms with Gasteiger partial charge >= 0.3 is 0 Å².